The monoisotopic (exact) mass is 168 g/mol. The molecule has 0 radical (unpaired) electrons. The first-order chi connectivity index (χ1) is 5.91. The van der Waals surface area contributed by atoms with Crippen LogP contribution in [0.3, 0.4) is 0 Å². The predicted molar refractivity (Wildman–Crippen MR) is 54.3 cm³/mol. The van der Waals surface area contributed by atoms with Gasteiger partial charge in [0.15, 0.2) is 0 Å². The lowest BCUT2D eigenvalue weighted by molar-refractivity contribution is 0.471. The maximum absolute atomic E-state index is 8.33. The van der Waals surface area contributed by atoms with E-state index in [1.807, 2.05) is 0 Å². The molecule has 12 heavy (non-hydrogen) atoms. The third-order valence-corrected chi connectivity index (χ3v) is 1.75. The molecule has 0 aromatic heterocycles. The Balaban J connectivity index is 3.03. The van der Waals surface area contributed by atoms with Gasteiger partial charge in [0.05, 0.1) is 6.26 Å². The van der Waals surface area contributed by atoms with Crippen molar-refractivity contribution in [1.82, 2.24) is 0 Å². The van der Waals surface area contributed by atoms with Gasteiger partial charge in [-0.15, -0.1) is 0 Å². The molecular formula is C11H20O. The van der Waals surface area contributed by atoms with E-state index in [4.69, 9.17) is 5.11 Å². The van der Waals surface area contributed by atoms with E-state index in [9.17, 15) is 0 Å². The van der Waals surface area contributed by atoms with Gasteiger partial charge in [-0.3, -0.25) is 0 Å². The Morgan fingerprint density at radius 2 is 1.58 bits per heavy atom. The highest BCUT2D eigenvalue weighted by Gasteiger charge is 1.81. The van der Waals surface area contributed by atoms with Crippen molar-refractivity contribution in [2.75, 3.05) is 0 Å². The summed E-state index contributed by atoms with van der Waals surface area (Å²) in [4.78, 5) is 0. The van der Waals surface area contributed by atoms with Crippen LogP contribution in [0.25, 0.3) is 0 Å². The molecule has 0 rings (SSSR count). The maximum atomic E-state index is 8.33. The van der Waals surface area contributed by atoms with Crippen molar-refractivity contribution in [2.24, 2.45) is 0 Å². The van der Waals surface area contributed by atoms with Crippen LogP contribution >= 0.6 is 0 Å². The minimum atomic E-state index is 0.945. The lowest BCUT2D eigenvalue weighted by Crippen LogP contribution is -1.71. The van der Waals surface area contributed by atoms with Gasteiger partial charge in [-0.25, -0.2) is 0 Å². The highest BCUT2D eigenvalue weighted by molar-refractivity contribution is 4.85. The van der Waals surface area contributed by atoms with Crippen molar-refractivity contribution in [1.29, 1.82) is 0 Å². The zero-order valence-corrected chi connectivity index (χ0v) is 8.00. The standard InChI is InChI=1S/C11H20O/c1-2-3-4-5-6-7-8-9-10-11-12/h6-7,10-12H,2-5,8-9H2,1H3. The van der Waals surface area contributed by atoms with E-state index in [1.54, 1.807) is 6.08 Å². The number of aliphatic hydroxyl groups excluding tert-OH is 1. The highest BCUT2D eigenvalue weighted by Crippen LogP contribution is 2.01. The lowest BCUT2D eigenvalue weighted by atomic mass is 10.2. The Bertz CT molecular complexity index is 125. The van der Waals surface area contributed by atoms with Crippen molar-refractivity contribution in [2.45, 2.75) is 45.4 Å². The molecule has 0 spiro atoms. The van der Waals surface area contributed by atoms with Gasteiger partial charge in [-0.05, 0) is 31.8 Å². The zero-order chi connectivity index (χ0) is 9.07. The molecule has 1 nitrogen and oxygen atoms in total. The summed E-state index contributed by atoms with van der Waals surface area (Å²) in [5, 5.41) is 8.33. The van der Waals surface area contributed by atoms with Crippen LogP contribution in [0.15, 0.2) is 24.5 Å². The SMILES string of the molecule is CCCCCC=CCCC=CO. The minimum absolute atomic E-state index is 0.945. The van der Waals surface area contributed by atoms with Crippen molar-refractivity contribution >= 4 is 0 Å². The second kappa shape index (κ2) is 10.3. The number of allylic oxidation sites excluding steroid dienone is 3. The first-order valence-electron chi connectivity index (χ1n) is 4.86. The first-order valence-corrected chi connectivity index (χ1v) is 4.86. The van der Waals surface area contributed by atoms with Crippen molar-refractivity contribution in [3.05, 3.63) is 24.5 Å². The average molecular weight is 168 g/mol. The van der Waals surface area contributed by atoms with Gasteiger partial charge in [-0.2, -0.15) is 0 Å². The van der Waals surface area contributed by atoms with Crippen molar-refractivity contribution in [3.8, 4) is 0 Å². The second-order valence-electron chi connectivity index (χ2n) is 2.93. The fourth-order valence-corrected chi connectivity index (χ4v) is 1.01. The summed E-state index contributed by atoms with van der Waals surface area (Å²) in [6, 6.07) is 0. The number of hydrogen-bond acceptors (Lipinski definition) is 1. The lowest BCUT2D eigenvalue weighted by Gasteiger charge is -1.91. The van der Waals surface area contributed by atoms with E-state index >= 15 is 0 Å². The molecule has 0 fully saturated rings. The third-order valence-electron chi connectivity index (χ3n) is 1.75. The molecule has 0 atom stereocenters. The van der Waals surface area contributed by atoms with Gasteiger partial charge >= 0.3 is 0 Å². The van der Waals surface area contributed by atoms with Crippen LogP contribution in [0.4, 0.5) is 0 Å². The first kappa shape index (κ1) is 11.3. The number of unbranched alkanes of at least 4 members (excludes halogenated alkanes) is 4. The molecule has 1 heteroatoms. The molecule has 1 N–H and O–H groups in total. The van der Waals surface area contributed by atoms with Crippen molar-refractivity contribution in [3.63, 3.8) is 0 Å². The molecule has 0 aromatic rings. The summed E-state index contributed by atoms with van der Waals surface area (Å²) in [5.74, 6) is 0. The van der Waals surface area contributed by atoms with E-state index < -0.39 is 0 Å². The molecular weight excluding hydrogens is 148 g/mol. The highest BCUT2D eigenvalue weighted by atomic mass is 16.2. The van der Waals surface area contributed by atoms with Crippen LogP contribution in [0.5, 0.6) is 0 Å². The maximum Gasteiger partial charge on any atom is 0.0751 e. The zero-order valence-electron chi connectivity index (χ0n) is 8.00. The topological polar surface area (TPSA) is 20.2 Å². The number of rotatable bonds is 7. The fraction of sp³-hybridized carbons (Fsp3) is 0.636. The van der Waals surface area contributed by atoms with E-state index in [2.05, 4.69) is 19.1 Å². The second-order valence-corrected chi connectivity index (χ2v) is 2.93. The number of aliphatic hydroxyl groups is 1. The van der Waals surface area contributed by atoms with E-state index in [-0.39, 0.29) is 0 Å². The van der Waals surface area contributed by atoms with E-state index in [0.29, 0.717) is 0 Å². The smallest absolute Gasteiger partial charge is 0.0751 e. The Labute approximate surface area is 75.8 Å². The molecule has 0 saturated carbocycles. The summed E-state index contributed by atoms with van der Waals surface area (Å²) in [5.41, 5.74) is 0. The van der Waals surface area contributed by atoms with Gasteiger partial charge < -0.3 is 5.11 Å². The molecule has 0 saturated heterocycles. The number of hydrogen-bond donors (Lipinski definition) is 1. The van der Waals surface area contributed by atoms with Gasteiger partial charge in [0, 0.05) is 0 Å². The Kier molecular flexibility index (Phi) is 9.66. The van der Waals surface area contributed by atoms with Crippen LogP contribution in [0.2, 0.25) is 0 Å². The Morgan fingerprint density at radius 3 is 2.25 bits per heavy atom. The summed E-state index contributed by atoms with van der Waals surface area (Å²) >= 11 is 0. The quantitative estimate of drug-likeness (QED) is 0.346. The summed E-state index contributed by atoms with van der Waals surface area (Å²) in [6.45, 7) is 2.22. The van der Waals surface area contributed by atoms with Gasteiger partial charge in [-0.1, -0.05) is 31.9 Å². The van der Waals surface area contributed by atoms with E-state index in [1.165, 1.54) is 25.7 Å². The van der Waals surface area contributed by atoms with E-state index in [0.717, 1.165) is 19.1 Å². The predicted octanol–water partition coefficient (Wildman–Crippen LogP) is 3.97. The van der Waals surface area contributed by atoms with Crippen LogP contribution in [0.1, 0.15) is 45.4 Å². The molecule has 0 unspecified atom stereocenters. The average Bonchev–Trinajstić information content (AvgIpc) is 2.10. The van der Waals surface area contributed by atoms with Gasteiger partial charge in [0.1, 0.15) is 0 Å². The largest absolute Gasteiger partial charge is 0.516 e. The molecule has 0 aliphatic heterocycles. The summed E-state index contributed by atoms with van der Waals surface area (Å²) in [7, 11) is 0. The van der Waals surface area contributed by atoms with Crippen LogP contribution in [-0.2, 0) is 0 Å². The van der Waals surface area contributed by atoms with Gasteiger partial charge in [0.25, 0.3) is 0 Å². The van der Waals surface area contributed by atoms with Crippen LogP contribution in [-0.4, -0.2) is 5.11 Å². The molecule has 70 valence electrons. The van der Waals surface area contributed by atoms with Crippen LogP contribution in [0, 0.1) is 0 Å². The summed E-state index contributed by atoms with van der Waals surface area (Å²) in [6.07, 6.45) is 14.4. The molecule has 0 aliphatic carbocycles. The molecule has 0 aliphatic rings. The summed E-state index contributed by atoms with van der Waals surface area (Å²) < 4.78 is 0. The minimum Gasteiger partial charge on any atom is -0.516 e. The molecule has 0 bridgehead atoms. The Morgan fingerprint density at radius 1 is 0.917 bits per heavy atom. The van der Waals surface area contributed by atoms with Gasteiger partial charge in [0.2, 0.25) is 0 Å². The Hall–Kier alpha value is -0.720. The normalized spacial score (nSPS) is 11.8. The fourth-order valence-electron chi connectivity index (χ4n) is 1.01. The molecule has 0 amide bonds. The third kappa shape index (κ3) is 9.28. The molecule has 0 heterocycles. The van der Waals surface area contributed by atoms with Crippen molar-refractivity contribution < 1.29 is 5.11 Å². The van der Waals surface area contributed by atoms with Crippen LogP contribution < -0.4 is 0 Å². The molecule has 0 aromatic carbocycles.